The van der Waals surface area contributed by atoms with Crippen LogP contribution in [0.4, 0.5) is 5.82 Å². The lowest BCUT2D eigenvalue weighted by Gasteiger charge is -2.14. The van der Waals surface area contributed by atoms with E-state index in [1.54, 1.807) is 17.3 Å². The van der Waals surface area contributed by atoms with Gasteiger partial charge in [-0.3, -0.25) is 19.2 Å². The van der Waals surface area contributed by atoms with Crippen molar-refractivity contribution in [2.45, 2.75) is 13.5 Å². The lowest BCUT2D eigenvalue weighted by molar-refractivity contribution is 0.0996. The maximum Gasteiger partial charge on any atom is 0.260 e. The van der Waals surface area contributed by atoms with Crippen molar-refractivity contribution in [2.24, 2.45) is 0 Å². The number of fused-ring (bicyclic) bond motifs is 2. The van der Waals surface area contributed by atoms with Gasteiger partial charge in [-0.05, 0) is 54.4 Å². The van der Waals surface area contributed by atoms with Gasteiger partial charge in [0, 0.05) is 40.8 Å². The van der Waals surface area contributed by atoms with Gasteiger partial charge < -0.3 is 0 Å². The Morgan fingerprint density at radius 3 is 2.71 bits per heavy atom. The molecule has 1 N–H and O–H groups in total. The molecule has 1 amide bonds. The van der Waals surface area contributed by atoms with Gasteiger partial charge in [0.25, 0.3) is 5.91 Å². The number of hydrogen-bond acceptors (Lipinski definition) is 4. The molecule has 7 nitrogen and oxygen atoms in total. The summed E-state index contributed by atoms with van der Waals surface area (Å²) in [5, 5.41) is 6.89. The summed E-state index contributed by atoms with van der Waals surface area (Å²) in [5.41, 5.74) is 7.71. The molecule has 1 aliphatic heterocycles. The normalized spacial score (nSPS) is 13.2. The Morgan fingerprint density at radius 1 is 0.968 bits per heavy atom. The van der Waals surface area contributed by atoms with Gasteiger partial charge in [0.15, 0.2) is 0 Å². The van der Waals surface area contributed by atoms with Crippen molar-refractivity contribution in [3.63, 3.8) is 0 Å². The molecule has 0 bridgehead atoms. The zero-order valence-electron chi connectivity index (χ0n) is 16.8. The quantitative estimate of drug-likeness (QED) is 0.486. The van der Waals surface area contributed by atoms with Crippen LogP contribution in [0.3, 0.4) is 0 Å². The number of anilines is 1. The topological polar surface area (TPSA) is 79.2 Å². The fourth-order valence-corrected chi connectivity index (χ4v) is 4.11. The average Bonchev–Trinajstić information content (AvgIpc) is 3.52. The molecule has 0 saturated carbocycles. The molecule has 0 aliphatic carbocycles. The molecule has 0 spiro atoms. The minimum Gasteiger partial charge on any atom is -0.299 e. The van der Waals surface area contributed by atoms with Crippen LogP contribution in [0.2, 0.25) is 0 Å². The van der Waals surface area contributed by atoms with Crippen LogP contribution in [-0.2, 0) is 6.54 Å². The molecule has 1 aliphatic rings. The van der Waals surface area contributed by atoms with Crippen molar-refractivity contribution in [1.29, 1.82) is 0 Å². The lowest BCUT2D eigenvalue weighted by atomic mass is 10.0. The minimum absolute atomic E-state index is 0.0139. The first kappa shape index (κ1) is 17.6. The van der Waals surface area contributed by atoms with E-state index >= 15 is 0 Å². The smallest absolute Gasteiger partial charge is 0.260 e. The van der Waals surface area contributed by atoms with Gasteiger partial charge in [0.2, 0.25) is 0 Å². The first-order valence-corrected chi connectivity index (χ1v) is 10.0. The van der Waals surface area contributed by atoms with Gasteiger partial charge >= 0.3 is 0 Å². The summed E-state index contributed by atoms with van der Waals surface area (Å²) in [5.74, 6) is 0.669. The van der Waals surface area contributed by atoms with Gasteiger partial charge in [0.1, 0.15) is 11.5 Å². The van der Waals surface area contributed by atoms with Gasteiger partial charge in [0.05, 0.1) is 24.6 Å². The number of imidazole rings is 1. The Morgan fingerprint density at radius 2 is 1.87 bits per heavy atom. The number of rotatable bonds is 3. The Hall–Kier alpha value is -4.26. The molecule has 0 saturated heterocycles. The number of aryl methyl sites for hydroxylation is 1. The number of amides is 1. The molecule has 6 rings (SSSR count). The van der Waals surface area contributed by atoms with Crippen LogP contribution in [0.25, 0.3) is 28.0 Å². The van der Waals surface area contributed by atoms with Crippen molar-refractivity contribution in [1.82, 2.24) is 24.6 Å². The predicted octanol–water partition coefficient (Wildman–Crippen LogP) is 4.26. The second-order valence-corrected chi connectivity index (χ2v) is 7.73. The maximum atomic E-state index is 13.0. The number of benzene rings is 1. The maximum absolute atomic E-state index is 13.0. The van der Waals surface area contributed by atoms with Crippen molar-refractivity contribution in [3.8, 4) is 22.4 Å². The van der Waals surface area contributed by atoms with Crippen molar-refractivity contribution in [3.05, 3.63) is 90.1 Å². The van der Waals surface area contributed by atoms with Crippen molar-refractivity contribution < 1.29 is 4.79 Å². The molecule has 7 heteroatoms. The molecular formula is C24H18N6O. The zero-order chi connectivity index (χ0) is 20.9. The molecule has 0 atom stereocenters. The second-order valence-electron chi connectivity index (χ2n) is 7.73. The van der Waals surface area contributed by atoms with E-state index in [1.165, 1.54) is 0 Å². The number of carbonyl (C=O) groups is 1. The van der Waals surface area contributed by atoms with Crippen LogP contribution in [0, 0.1) is 6.92 Å². The van der Waals surface area contributed by atoms with Gasteiger partial charge in [-0.15, -0.1) is 0 Å². The van der Waals surface area contributed by atoms with Crippen molar-refractivity contribution in [2.75, 3.05) is 4.90 Å². The summed E-state index contributed by atoms with van der Waals surface area (Å²) in [6.07, 6.45) is 9.33. The second kappa shape index (κ2) is 6.63. The van der Waals surface area contributed by atoms with E-state index < -0.39 is 0 Å². The minimum atomic E-state index is -0.0139. The molecule has 1 aromatic carbocycles. The van der Waals surface area contributed by atoms with Crippen LogP contribution in [0.5, 0.6) is 0 Å². The predicted molar refractivity (Wildman–Crippen MR) is 118 cm³/mol. The van der Waals surface area contributed by atoms with Gasteiger partial charge in [-0.1, -0.05) is 6.07 Å². The number of H-pyrrole nitrogens is 1. The third kappa shape index (κ3) is 2.82. The third-order valence-electron chi connectivity index (χ3n) is 5.72. The molecule has 5 aromatic rings. The number of aromatic amines is 1. The lowest BCUT2D eigenvalue weighted by Crippen LogP contribution is -2.23. The molecule has 0 radical (unpaired) electrons. The highest BCUT2D eigenvalue weighted by Crippen LogP contribution is 2.32. The monoisotopic (exact) mass is 406 g/mol. The van der Waals surface area contributed by atoms with E-state index in [1.807, 2.05) is 55.7 Å². The molecule has 31 heavy (non-hydrogen) atoms. The first-order valence-electron chi connectivity index (χ1n) is 10.0. The Balaban J connectivity index is 1.40. The first-order chi connectivity index (χ1) is 15.2. The van der Waals surface area contributed by atoms with E-state index in [0.717, 1.165) is 44.7 Å². The van der Waals surface area contributed by atoms with Gasteiger partial charge in [-0.2, -0.15) is 5.10 Å². The van der Waals surface area contributed by atoms with Crippen LogP contribution in [0.1, 0.15) is 21.5 Å². The van der Waals surface area contributed by atoms with Crippen molar-refractivity contribution >= 4 is 17.4 Å². The standard InChI is InChI=1S/C24H18N6O/c1-15-6-7-25-23(8-15)30-14-18-9-16(2-4-20(18)24(30)31)21-12-26-22-5-3-17(13-29(21)22)19-10-27-28-11-19/h2-13H,14H2,1H3,(H,27,28). The number of nitrogens with one attached hydrogen (secondary N) is 1. The summed E-state index contributed by atoms with van der Waals surface area (Å²) in [4.78, 5) is 23.6. The summed E-state index contributed by atoms with van der Waals surface area (Å²) >= 11 is 0. The van der Waals surface area contributed by atoms with E-state index in [9.17, 15) is 4.79 Å². The number of nitrogens with zero attached hydrogens (tertiary/aromatic N) is 5. The van der Waals surface area contributed by atoms with Gasteiger partial charge in [-0.25, -0.2) is 9.97 Å². The highest BCUT2D eigenvalue weighted by atomic mass is 16.2. The molecule has 4 aromatic heterocycles. The van der Waals surface area contributed by atoms with E-state index in [0.29, 0.717) is 12.4 Å². The van der Waals surface area contributed by atoms with E-state index in [4.69, 9.17) is 0 Å². The number of aromatic nitrogens is 5. The number of pyridine rings is 2. The van der Waals surface area contributed by atoms with E-state index in [-0.39, 0.29) is 5.91 Å². The Labute approximate surface area is 178 Å². The highest BCUT2D eigenvalue weighted by molar-refractivity contribution is 6.09. The summed E-state index contributed by atoms with van der Waals surface area (Å²) < 4.78 is 2.07. The fourth-order valence-electron chi connectivity index (χ4n) is 4.11. The van der Waals surface area contributed by atoms with E-state index in [2.05, 4.69) is 36.8 Å². The third-order valence-corrected chi connectivity index (χ3v) is 5.72. The number of hydrogen-bond donors (Lipinski definition) is 1. The summed E-state index contributed by atoms with van der Waals surface area (Å²) in [6, 6.07) is 13.9. The SMILES string of the molecule is Cc1ccnc(N2Cc3cc(-c4cnc5ccc(-c6cn[nH]c6)cn45)ccc3C2=O)c1. The average molecular weight is 406 g/mol. The Bertz CT molecular complexity index is 1450. The Kier molecular flexibility index (Phi) is 3.76. The molecule has 5 heterocycles. The summed E-state index contributed by atoms with van der Waals surface area (Å²) in [7, 11) is 0. The van der Waals surface area contributed by atoms with Crippen LogP contribution >= 0.6 is 0 Å². The van der Waals surface area contributed by atoms with Crippen LogP contribution in [-0.4, -0.2) is 30.5 Å². The fraction of sp³-hybridized carbons (Fsp3) is 0.0833. The number of carbonyl (C=O) groups excluding carboxylic acids is 1. The molecule has 150 valence electrons. The largest absolute Gasteiger partial charge is 0.299 e. The highest BCUT2D eigenvalue weighted by Gasteiger charge is 2.29. The molecular weight excluding hydrogens is 388 g/mol. The summed E-state index contributed by atoms with van der Waals surface area (Å²) in [6.45, 7) is 2.51. The molecule has 0 fully saturated rings. The zero-order valence-corrected chi connectivity index (χ0v) is 16.8. The van der Waals surface area contributed by atoms with Crippen LogP contribution in [0.15, 0.2) is 73.4 Å². The van der Waals surface area contributed by atoms with Crippen LogP contribution < -0.4 is 4.90 Å². The molecule has 0 unspecified atom stereocenters.